The SMILES string of the molecule is CC(C)CN1CCC(CNS(=O)(=O)Cc2ccc(Cl)cc2)CC1. The molecule has 0 radical (unpaired) electrons. The Balaban J connectivity index is 1.76. The number of hydrogen-bond acceptors (Lipinski definition) is 3. The van der Waals surface area contributed by atoms with E-state index in [0.29, 0.717) is 23.4 Å². The molecule has 1 aliphatic heterocycles. The van der Waals surface area contributed by atoms with Gasteiger partial charge < -0.3 is 4.90 Å². The van der Waals surface area contributed by atoms with E-state index in [9.17, 15) is 8.42 Å². The molecule has 1 heterocycles. The lowest BCUT2D eigenvalue weighted by molar-refractivity contribution is 0.169. The maximum atomic E-state index is 12.2. The fourth-order valence-corrected chi connectivity index (χ4v) is 4.33. The summed E-state index contributed by atoms with van der Waals surface area (Å²) in [5.74, 6) is 1.14. The van der Waals surface area contributed by atoms with Crippen LogP contribution in [0.4, 0.5) is 0 Å². The predicted octanol–water partition coefficient (Wildman–Crippen LogP) is 3.13. The fourth-order valence-electron chi connectivity index (χ4n) is 2.99. The van der Waals surface area contributed by atoms with Crippen LogP contribution in [-0.2, 0) is 15.8 Å². The van der Waals surface area contributed by atoms with Crippen LogP contribution in [-0.4, -0.2) is 39.5 Å². The standard InChI is InChI=1S/C17H27ClN2O2S/c1-14(2)12-20-9-7-15(8-10-20)11-19-23(21,22)13-16-3-5-17(18)6-4-16/h3-6,14-15,19H,7-13H2,1-2H3. The van der Waals surface area contributed by atoms with Gasteiger partial charge in [0.25, 0.3) is 0 Å². The zero-order valence-electron chi connectivity index (χ0n) is 14.0. The van der Waals surface area contributed by atoms with Crippen LogP contribution in [0.25, 0.3) is 0 Å². The number of piperidine rings is 1. The molecule has 1 aromatic rings. The lowest BCUT2D eigenvalue weighted by Gasteiger charge is -2.33. The van der Waals surface area contributed by atoms with Crippen LogP contribution in [0.3, 0.4) is 0 Å². The van der Waals surface area contributed by atoms with Crippen molar-refractivity contribution in [2.24, 2.45) is 11.8 Å². The highest BCUT2D eigenvalue weighted by molar-refractivity contribution is 7.88. The predicted molar refractivity (Wildman–Crippen MR) is 96.1 cm³/mol. The molecule has 0 atom stereocenters. The van der Waals surface area contributed by atoms with Crippen molar-refractivity contribution in [3.8, 4) is 0 Å². The van der Waals surface area contributed by atoms with Crippen molar-refractivity contribution >= 4 is 21.6 Å². The maximum absolute atomic E-state index is 12.2. The van der Waals surface area contributed by atoms with Crippen molar-refractivity contribution in [2.75, 3.05) is 26.2 Å². The Morgan fingerprint density at radius 3 is 2.39 bits per heavy atom. The number of hydrogen-bond donors (Lipinski definition) is 1. The van der Waals surface area contributed by atoms with Gasteiger partial charge >= 0.3 is 0 Å². The van der Waals surface area contributed by atoms with Crippen molar-refractivity contribution < 1.29 is 8.42 Å². The molecule has 6 heteroatoms. The first-order valence-electron chi connectivity index (χ1n) is 8.28. The van der Waals surface area contributed by atoms with Gasteiger partial charge in [0, 0.05) is 18.1 Å². The fraction of sp³-hybridized carbons (Fsp3) is 0.647. The van der Waals surface area contributed by atoms with Gasteiger partial charge in [-0.05, 0) is 55.5 Å². The highest BCUT2D eigenvalue weighted by Gasteiger charge is 2.21. The molecule has 0 unspecified atom stereocenters. The minimum atomic E-state index is -3.29. The van der Waals surface area contributed by atoms with Crippen molar-refractivity contribution in [3.63, 3.8) is 0 Å². The molecule has 1 fully saturated rings. The van der Waals surface area contributed by atoms with Gasteiger partial charge in [0.15, 0.2) is 0 Å². The summed E-state index contributed by atoms with van der Waals surface area (Å²) in [7, 11) is -3.29. The van der Waals surface area contributed by atoms with E-state index in [2.05, 4.69) is 23.5 Å². The van der Waals surface area contributed by atoms with Gasteiger partial charge in [-0.3, -0.25) is 0 Å². The highest BCUT2D eigenvalue weighted by Crippen LogP contribution is 2.18. The monoisotopic (exact) mass is 358 g/mol. The van der Waals surface area contributed by atoms with E-state index in [1.807, 2.05) is 0 Å². The van der Waals surface area contributed by atoms with Gasteiger partial charge in [-0.1, -0.05) is 37.6 Å². The summed E-state index contributed by atoms with van der Waals surface area (Å²) in [6, 6.07) is 6.95. The van der Waals surface area contributed by atoms with Crippen LogP contribution in [0.1, 0.15) is 32.3 Å². The number of rotatable bonds is 7. The van der Waals surface area contributed by atoms with Crippen LogP contribution >= 0.6 is 11.6 Å². The van der Waals surface area contributed by atoms with Gasteiger partial charge in [-0.15, -0.1) is 0 Å². The molecule has 2 rings (SSSR count). The normalized spacial score (nSPS) is 17.7. The lowest BCUT2D eigenvalue weighted by Crippen LogP contribution is -2.40. The number of benzene rings is 1. The summed E-state index contributed by atoms with van der Waals surface area (Å²) in [4.78, 5) is 2.48. The zero-order valence-corrected chi connectivity index (χ0v) is 15.5. The molecule has 0 spiro atoms. The molecule has 1 aliphatic rings. The van der Waals surface area contributed by atoms with E-state index in [1.54, 1.807) is 24.3 Å². The Bertz CT molecular complexity index is 579. The summed E-state index contributed by atoms with van der Waals surface area (Å²) >= 11 is 5.82. The number of nitrogens with zero attached hydrogens (tertiary/aromatic N) is 1. The molecule has 1 N–H and O–H groups in total. The molecule has 0 bridgehead atoms. The van der Waals surface area contributed by atoms with Gasteiger partial charge in [-0.2, -0.15) is 0 Å². The number of halogens is 1. The summed E-state index contributed by atoms with van der Waals surface area (Å²) < 4.78 is 27.1. The smallest absolute Gasteiger partial charge is 0.215 e. The zero-order chi connectivity index (χ0) is 16.9. The van der Waals surface area contributed by atoms with Gasteiger partial charge in [0.05, 0.1) is 5.75 Å². The van der Waals surface area contributed by atoms with Crippen molar-refractivity contribution in [2.45, 2.75) is 32.4 Å². The summed E-state index contributed by atoms with van der Waals surface area (Å²) in [6.45, 7) is 8.29. The second-order valence-electron chi connectivity index (χ2n) is 6.87. The topological polar surface area (TPSA) is 49.4 Å². The summed E-state index contributed by atoms with van der Waals surface area (Å²) in [5, 5.41) is 0.618. The van der Waals surface area contributed by atoms with E-state index in [4.69, 9.17) is 11.6 Å². The molecular weight excluding hydrogens is 332 g/mol. The van der Waals surface area contributed by atoms with Crippen molar-refractivity contribution in [3.05, 3.63) is 34.9 Å². The molecule has 0 aliphatic carbocycles. The number of nitrogens with one attached hydrogen (secondary N) is 1. The average Bonchev–Trinajstić information content (AvgIpc) is 2.48. The molecule has 1 saturated heterocycles. The minimum absolute atomic E-state index is 0.0103. The third-order valence-corrected chi connectivity index (χ3v) is 5.76. The van der Waals surface area contributed by atoms with Crippen LogP contribution in [0.2, 0.25) is 5.02 Å². The first-order valence-corrected chi connectivity index (χ1v) is 10.3. The lowest BCUT2D eigenvalue weighted by atomic mass is 9.96. The number of sulfonamides is 1. The molecule has 23 heavy (non-hydrogen) atoms. The number of likely N-dealkylation sites (tertiary alicyclic amines) is 1. The Morgan fingerprint density at radius 2 is 1.83 bits per heavy atom. The van der Waals surface area contributed by atoms with E-state index in [1.165, 1.54) is 0 Å². The Kier molecular flexibility index (Phi) is 6.89. The van der Waals surface area contributed by atoms with Gasteiger partial charge in [0.1, 0.15) is 0 Å². The molecule has 130 valence electrons. The molecule has 0 amide bonds. The van der Waals surface area contributed by atoms with E-state index < -0.39 is 10.0 Å². The molecule has 4 nitrogen and oxygen atoms in total. The Morgan fingerprint density at radius 1 is 1.22 bits per heavy atom. The van der Waals surface area contributed by atoms with Gasteiger partial charge in [0.2, 0.25) is 10.0 Å². The van der Waals surface area contributed by atoms with Crippen LogP contribution < -0.4 is 4.72 Å². The van der Waals surface area contributed by atoms with E-state index in [0.717, 1.165) is 38.0 Å². The minimum Gasteiger partial charge on any atom is -0.303 e. The van der Waals surface area contributed by atoms with Crippen LogP contribution in [0.5, 0.6) is 0 Å². The van der Waals surface area contributed by atoms with Gasteiger partial charge in [-0.25, -0.2) is 13.1 Å². The molecule has 0 aromatic heterocycles. The Labute approximate surface area is 145 Å². The molecule has 0 saturated carbocycles. The van der Waals surface area contributed by atoms with E-state index >= 15 is 0 Å². The van der Waals surface area contributed by atoms with E-state index in [-0.39, 0.29) is 5.75 Å². The first kappa shape index (κ1) is 18.7. The second-order valence-corrected chi connectivity index (χ2v) is 9.12. The van der Waals surface area contributed by atoms with Crippen LogP contribution in [0, 0.1) is 11.8 Å². The first-order chi connectivity index (χ1) is 10.8. The summed E-state index contributed by atoms with van der Waals surface area (Å²) in [6.07, 6.45) is 2.13. The van der Waals surface area contributed by atoms with Crippen LogP contribution in [0.15, 0.2) is 24.3 Å². The second kappa shape index (κ2) is 8.47. The van der Waals surface area contributed by atoms with Crippen molar-refractivity contribution in [1.29, 1.82) is 0 Å². The third kappa shape index (κ3) is 6.79. The molecular formula is C17H27ClN2O2S. The summed E-state index contributed by atoms with van der Waals surface area (Å²) in [5.41, 5.74) is 0.758. The quantitative estimate of drug-likeness (QED) is 0.814. The highest BCUT2D eigenvalue weighted by atomic mass is 35.5. The maximum Gasteiger partial charge on any atom is 0.215 e. The average molecular weight is 359 g/mol. The Hall–Kier alpha value is -0.620. The largest absolute Gasteiger partial charge is 0.303 e. The van der Waals surface area contributed by atoms with Crippen molar-refractivity contribution in [1.82, 2.24) is 9.62 Å². The third-order valence-electron chi connectivity index (χ3n) is 4.19. The molecule has 1 aromatic carbocycles.